The highest BCUT2D eigenvalue weighted by atomic mass is 16.6. The average Bonchev–Trinajstić information content (AvgIpc) is 2.85. The first-order valence-electron chi connectivity index (χ1n) is 7.73. The van der Waals surface area contributed by atoms with Crippen molar-refractivity contribution in [1.82, 2.24) is 0 Å². The van der Waals surface area contributed by atoms with E-state index in [1.54, 1.807) is 0 Å². The van der Waals surface area contributed by atoms with E-state index in [0.717, 1.165) is 25.9 Å². The first kappa shape index (κ1) is 14.8. The van der Waals surface area contributed by atoms with E-state index in [1.165, 1.54) is 12.8 Å². The van der Waals surface area contributed by atoms with Gasteiger partial charge >= 0.3 is 5.97 Å². The molecule has 2 rings (SSSR count). The minimum Gasteiger partial charge on any atom is -0.461 e. The van der Waals surface area contributed by atoms with Gasteiger partial charge < -0.3 is 9.47 Å². The molecule has 110 valence electrons. The molecule has 3 heteroatoms. The third kappa shape index (κ3) is 3.31. The molecule has 2 saturated carbocycles. The predicted molar refractivity (Wildman–Crippen MR) is 74.8 cm³/mol. The molecule has 19 heavy (non-hydrogen) atoms. The molecular weight excluding hydrogens is 240 g/mol. The van der Waals surface area contributed by atoms with Crippen molar-refractivity contribution in [2.45, 2.75) is 72.0 Å². The highest BCUT2D eigenvalue weighted by Crippen LogP contribution is 2.45. The molecule has 0 aromatic rings. The van der Waals surface area contributed by atoms with Crippen molar-refractivity contribution in [3.8, 4) is 0 Å². The molecule has 0 heterocycles. The minimum absolute atomic E-state index is 0.0258. The van der Waals surface area contributed by atoms with E-state index >= 15 is 0 Å². The smallest absolute Gasteiger partial charge is 0.309 e. The third-order valence-electron chi connectivity index (χ3n) is 4.67. The van der Waals surface area contributed by atoms with E-state index in [1.807, 2.05) is 0 Å². The Bertz CT molecular complexity index is 316. The Kier molecular flexibility index (Phi) is 4.54. The average molecular weight is 268 g/mol. The summed E-state index contributed by atoms with van der Waals surface area (Å²) in [6.45, 7) is 9.39. The van der Waals surface area contributed by atoms with Gasteiger partial charge in [-0.05, 0) is 18.8 Å². The van der Waals surface area contributed by atoms with Crippen LogP contribution in [0.4, 0.5) is 0 Å². The lowest BCUT2D eigenvalue weighted by Crippen LogP contribution is -2.56. The van der Waals surface area contributed by atoms with E-state index in [9.17, 15) is 4.79 Å². The summed E-state index contributed by atoms with van der Waals surface area (Å²) in [6, 6.07) is 0. The zero-order valence-electron chi connectivity index (χ0n) is 12.8. The second-order valence-electron chi connectivity index (χ2n) is 7.18. The molecule has 2 aliphatic carbocycles. The third-order valence-corrected chi connectivity index (χ3v) is 4.67. The summed E-state index contributed by atoms with van der Waals surface area (Å²) in [4.78, 5) is 12.0. The maximum absolute atomic E-state index is 12.0. The highest BCUT2D eigenvalue weighted by Gasteiger charge is 2.52. The van der Waals surface area contributed by atoms with Gasteiger partial charge in [-0.15, -0.1) is 0 Å². The van der Waals surface area contributed by atoms with E-state index in [0.29, 0.717) is 5.92 Å². The second-order valence-corrected chi connectivity index (χ2v) is 7.18. The van der Waals surface area contributed by atoms with E-state index in [-0.39, 0.29) is 29.5 Å². The Morgan fingerprint density at radius 1 is 1.21 bits per heavy atom. The fraction of sp³-hybridized carbons (Fsp3) is 0.938. The van der Waals surface area contributed by atoms with E-state index in [2.05, 4.69) is 27.7 Å². The summed E-state index contributed by atoms with van der Waals surface area (Å²) in [7, 11) is 0. The van der Waals surface area contributed by atoms with Gasteiger partial charge in [0.05, 0.1) is 12.0 Å². The molecule has 2 aliphatic rings. The molecule has 0 spiro atoms. The molecular formula is C16H28O3. The van der Waals surface area contributed by atoms with Crippen LogP contribution in [0.2, 0.25) is 0 Å². The number of rotatable bonds is 5. The van der Waals surface area contributed by atoms with Crippen LogP contribution in [0.1, 0.15) is 59.8 Å². The van der Waals surface area contributed by atoms with Crippen molar-refractivity contribution in [3.63, 3.8) is 0 Å². The molecule has 0 radical (unpaired) electrons. The van der Waals surface area contributed by atoms with Gasteiger partial charge in [-0.1, -0.05) is 40.5 Å². The Labute approximate surface area is 117 Å². The van der Waals surface area contributed by atoms with Gasteiger partial charge in [0.2, 0.25) is 0 Å². The number of esters is 1. The van der Waals surface area contributed by atoms with Crippen LogP contribution in [0, 0.1) is 17.3 Å². The van der Waals surface area contributed by atoms with Crippen LogP contribution in [-0.2, 0) is 14.3 Å². The summed E-state index contributed by atoms with van der Waals surface area (Å²) in [5.74, 6) is 0.736. The summed E-state index contributed by atoms with van der Waals surface area (Å²) < 4.78 is 11.6. The molecule has 0 amide bonds. The van der Waals surface area contributed by atoms with Crippen molar-refractivity contribution in [3.05, 3.63) is 0 Å². The monoisotopic (exact) mass is 268 g/mol. The van der Waals surface area contributed by atoms with Gasteiger partial charge in [-0.25, -0.2) is 0 Å². The zero-order valence-corrected chi connectivity index (χ0v) is 12.8. The van der Waals surface area contributed by atoms with Crippen LogP contribution >= 0.6 is 0 Å². The summed E-state index contributed by atoms with van der Waals surface area (Å²) in [5, 5.41) is 0. The quantitative estimate of drug-likeness (QED) is 0.715. The fourth-order valence-electron chi connectivity index (χ4n) is 3.04. The standard InChI is InChI=1S/C16H28O3/c1-11(2)10-18-13-9-14(16(13,3)4)19-15(17)12-7-5-6-8-12/h11-14H,5-10H2,1-4H3/t13-,14-/m0/s1. The van der Waals surface area contributed by atoms with Crippen LogP contribution in [0.5, 0.6) is 0 Å². The van der Waals surface area contributed by atoms with Crippen LogP contribution in [0.3, 0.4) is 0 Å². The lowest BCUT2D eigenvalue weighted by Gasteiger charge is -2.50. The maximum atomic E-state index is 12.0. The van der Waals surface area contributed by atoms with E-state index in [4.69, 9.17) is 9.47 Å². The Balaban J connectivity index is 1.78. The van der Waals surface area contributed by atoms with Crippen molar-refractivity contribution < 1.29 is 14.3 Å². The predicted octanol–water partition coefficient (Wildman–Crippen LogP) is 3.56. The number of ether oxygens (including phenoxy) is 2. The van der Waals surface area contributed by atoms with Crippen LogP contribution in [0.25, 0.3) is 0 Å². The van der Waals surface area contributed by atoms with Gasteiger partial charge in [0.15, 0.2) is 0 Å². The Morgan fingerprint density at radius 2 is 1.84 bits per heavy atom. The van der Waals surface area contributed by atoms with Gasteiger partial charge in [0.25, 0.3) is 0 Å². The number of hydrogen-bond donors (Lipinski definition) is 0. The van der Waals surface area contributed by atoms with Gasteiger partial charge in [0, 0.05) is 18.4 Å². The molecule has 0 aromatic heterocycles. The Morgan fingerprint density at radius 3 is 2.37 bits per heavy atom. The summed E-state index contributed by atoms with van der Waals surface area (Å²) in [5.41, 5.74) is -0.0385. The molecule has 2 fully saturated rings. The second kappa shape index (κ2) is 5.82. The van der Waals surface area contributed by atoms with Crippen LogP contribution < -0.4 is 0 Å². The summed E-state index contributed by atoms with van der Waals surface area (Å²) >= 11 is 0. The normalized spacial score (nSPS) is 30.4. The number of hydrogen-bond acceptors (Lipinski definition) is 3. The minimum atomic E-state index is -0.0385. The molecule has 0 aromatic carbocycles. The SMILES string of the molecule is CC(C)CO[C@H]1C[C@H](OC(=O)C2CCCC2)C1(C)C. The molecule has 0 N–H and O–H groups in total. The molecule has 0 bridgehead atoms. The maximum Gasteiger partial charge on any atom is 0.309 e. The number of carbonyl (C=O) groups is 1. The van der Waals surface area contributed by atoms with Crippen molar-refractivity contribution >= 4 is 5.97 Å². The topological polar surface area (TPSA) is 35.5 Å². The van der Waals surface area contributed by atoms with Crippen LogP contribution in [-0.4, -0.2) is 24.8 Å². The largest absolute Gasteiger partial charge is 0.461 e. The molecule has 2 atom stereocenters. The van der Waals surface area contributed by atoms with Crippen molar-refractivity contribution in [1.29, 1.82) is 0 Å². The number of carbonyl (C=O) groups excluding carboxylic acids is 1. The van der Waals surface area contributed by atoms with E-state index < -0.39 is 0 Å². The lowest BCUT2D eigenvalue weighted by atomic mass is 9.66. The van der Waals surface area contributed by atoms with Crippen LogP contribution in [0.15, 0.2) is 0 Å². The molecule has 0 saturated heterocycles. The van der Waals surface area contributed by atoms with Gasteiger partial charge in [-0.3, -0.25) is 4.79 Å². The van der Waals surface area contributed by atoms with Gasteiger partial charge in [-0.2, -0.15) is 0 Å². The van der Waals surface area contributed by atoms with Crippen molar-refractivity contribution in [2.24, 2.45) is 17.3 Å². The first-order chi connectivity index (χ1) is 8.91. The Hall–Kier alpha value is -0.570. The fourth-order valence-corrected chi connectivity index (χ4v) is 3.04. The summed E-state index contributed by atoms with van der Waals surface area (Å²) in [6.07, 6.45) is 5.51. The zero-order chi connectivity index (χ0) is 14.0. The first-order valence-corrected chi connectivity index (χ1v) is 7.73. The lowest BCUT2D eigenvalue weighted by molar-refractivity contribution is -0.208. The highest BCUT2D eigenvalue weighted by molar-refractivity contribution is 5.73. The van der Waals surface area contributed by atoms with Gasteiger partial charge in [0.1, 0.15) is 6.10 Å². The molecule has 3 nitrogen and oxygen atoms in total. The molecule has 0 aliphatic heterocycles. The van der Waals surface area contributed by atoms with Crippen molar-refractivity contribution in [2.75, 3.05) is 6.61 Å². The molecule has 0 unspecified atom stereocenters.